The van der Waals surface area contributed by atoms with Gasteiger partial charge in [-0.3, -0.25) is 10.1 Å². The van der Waals surface area contributed by atoms with Gasteiger partial charge in [0.15, 0.2) is 11.6 Å². The van der Waals surface area contributed by atoms with E-state index in [4.69, 9.17) is 9.47 Å². The third-order valence-electron chi connectivity index (χ3n) is 4.75. The lowest BCUT2D eigenvalue weighted by Crippen LogP contribution is -2.49. The van der Waals surface area contributed by atoms with Crippen LogP contribution in [-0.4, -0.2) is 41.4 Å². The first-order valence-corrected chi connectivity index (χ1v) is 9.01. The normalized spacial score (nSPS) is 18.5. The van der Waals surface area contributed by atoms with Crippen LogP contribution in [0.15, 0.2) is 47.5 Å². The Hall–Kier alpha value is -3.73. The molecule has 2 unspecified atom stereocenters. The number of hydrogen-bond donors (Lipinski definition) is 0. The highest BCUT2D eigenvalue weighted by molar-refractivity contribution is 6.04. The Morgan fingerprint density at radius 2 is 1.87 bits per heavy atom. The van der Waals surface area contributed by atoms with E-state index in [0.29, 0.717) is 10.6 Å². The van der Waals surface area contributed by atoms with Crippen LogP contribution in [0.5, 0.6) is 5.75 Å². The Kier molecular flexibility index (Phi) is 6.35. The van der Waals surface area contributed by atoms with Crippen molar-refractivity contribution in [3.63, 3.8) is 0 Å². The summed E-state index contributed by atoms with van der Waals surface area (Å²) in [4.78, 5) is 40.1. The molecule has 0 spiro atoms. The third-order valence-corrected chi connectivity index (χ3v) is 4.75. The number of halogens is 2. The fourth-order valence-corrected chi connectivity index (χ4v) is 3.26. The van der Waals surface area contributed by atoms with Gasteiger partial charge >= 0.3 is 12.1 Å². The smallest absolute Gasteiger partial charge is 0.410 e. The first kappa shape index (κ1) is 22.0. The molecule has 1 heterocycles. The molecule has 2 aromatic rings. The van der Waals surface area contributed by atoms with Crippen LogP contribution in [0.2, 0.25) is 0 Å². The van der Waals surface area contributed by atoms with Crippen molar-refractivity contribution < 1.29 is 32.8 Å². The fourth-order valence-electron chi connectivity index (χ4n) is 3.26. The Morgan fingerprint density at radius 3 is 2.45 bits per heavy atom. The van der Waals surface area contributed by atoms with E-state index < -0.39 is 40.6 Å². The van der Waals surface area contributed by atoms with Crippen LogP contribution in [0.3, 0.4) is 0 Å². The Bertz CT molecular complexity index is 1060. The standard InChI is InChI=1S/C20H17F2N3O6/c1-11-15(10-30-2)18(12-3-8-16(21)17(22)9-12)24(19(26)23-11)20(27)31-14-6-4-13(5-7-14)25(28)29/h3-9,15,18H,10H2,1-2H3. The van der Waals surface area contributed by atoms with Crippen LogP contribution < -0.4 is 4.74 Å². The molecule has 0 saturated heterocycles. The molecule has 0 aromatic heterocycles. The van der Waals surface area contributed by atoms with E-state index in [9.17, 15) is 28.5 Å². The number of nitro groups is 1. The maximum Gasteiger partial charge on any atom is 0.424 e. The molecule has 3 amide bonds. The maximum atomic E-state index is 13.9. The van der Waals surface area contributed by atoms with Gasteiger partial charge < -0.3 is 9.47 Å². The summed E-state index contributed by atoms with van der Waals surface area (Å²) in [6.07, 6.45) is -1.13. The van der Waals surface area contributed by atoms with Crippen molar-refractivity contribution in [3.05, 3.63) is 69.8 Å². The number of carbonyl (C=O) groups excluding carboxylic acids is 2. The Morgan fingerprint density at radius 1 is 1.19 bits per heavy atom. The molecular weight excluding hydrogens is 416 g/mol. The quantitative estimate of drug-likeness (QED) is 0.514. The minimum absolute atomic E-state index is 0.0353. The summed E-state index contributed by atoms with van der Waals surface area (Å²) >= 11 is 0. The third kappa shape index (κ3) is 4.56. The zero-order chi connectivity index (χ0) is 22.7. The molecule has 9 nitrogen and oxygen atoms in total. The molecule has 31 heavy (non-hydrogen) atoms. The van der Waals surface area contributed by atoms with E-state index >= 15 is 0 Å². The lowest BCUT2D eigenvalue weighted by Gasteiger charge is -2.37. The van der Waals surface area contributed by atoms with E-state index in [0.717, 1.165) is 24.3 Å². The summed E-state index contributed by atoms with van der Waals surface area (Å²) in [6, 6.07) is 5.64. The van der Waals surface area contributed by atoms with Crippen LogP contribution >= 0.6 is 0 Å². The highest BCUT2D eigenvalue weighted by atomic mass is 19.2. The largest absolute Gasteiger partial charge is 0.424 e. The van der Waals surface area contributed by atoms with Crippen molar-refractivity contribution >= 4 is 23.5 Å². The molecule has 1 aliphatic rings. The highest BCUT2D eigenvalue weighted by Crippen LogP contribution is 2.35. The minimum Gasteiger partial charge on any atom is -0.410 e. The second-order valence-electron chi connectivity index (χ2n) is 6.70. The van der Waals surface area contributed by atoms with Crippen LogP contribution in [0.1, 0.15) is 18.5 Å². The van der Waals surface area contributed by atoms with Gasteiger partial charge in [0, 0.05) is 30.9 Å². The average molecular weight is 433 g/mol. The molecule has 162 valence electrons. The lowest BCUT2D eigenvalue weighted by molar-refractivity contribution is -0.384. The predicted octanol–water partition coefficient (Wildman–Crippen LogP) is 4.27. The number of imide groups is 1. The van der Waals surface area contributed by atoms with E-state index in [1.54, 1.807) is 6.92 Å². The maximum absolute atomic E-state index is 13.9. The number of non-ortho nitro benzene ring substituents is 1. The highest BCUT2D eigenvalue weighted by Gasteiger charge is 2.43. The second kappa shape index (κ2) is 8.96. The van der Waals surface area contributed by atoms with Crippen LogP contribution in [0.25, 0.3) is 0 Å². The summed E-state index contributed by atoms with van der Waals surface area (Å²) < 4.78 is 37.7. The monoisotopic (exact) mass is 433 g/mol. The molecule has 3 rings (SSSR count). The lowest BCUT2D eigenvalue weighted by atomic mass is 9.87. The molecule has 1 aliphatic heterocycles. The van der Waals surface area contributed by atoms with Gasteiger partial charge in [0.1, 0.15) is 5.75 Å². The first-order chi connectivity index (χ1) is 14.7. The van der Waals surface area contributed by atoms with Crippen molar-refractivity contribution in [2.24, 2.45) is 10.9 Å². The van der Waals surface area contributed by atoms with Crippen LogP contribution in [0.4, 0.5) is 24.1 Å². The number of nitro benzene ring substituents is 1. The van der Waals surface area contributed by atoms with Gasteiger partial charge in [0.25, 0.3) is 5.69 Å². The average Bonchev–Trinajstić information content (AvgIpc) is 2.72. The van der Waals surface area contributed by atoms with E-state index in [2.05, 4.69) is 4.99 Å². The summed E-state index contributed by atoms with van der Waals surface area (Å²) in [5, 5.41) is 10.8. The number of methoxy groups -OCH3 is 1. The van der Waals surface area contributed by atoms with Crippen molar-refractivity contribution in [3.8, 4) is 5.75 Å². The number of ether oxygens (including phenoxy) is 2. The molecule has 2 aromatic carbocycles. The number of aliphatic imine (C=N–C) groups is 1. The molecule has 11 heteroatoms. The van der Waals surface area contributed by atoms with Crippen molar-refractivity contribution in [1.29, 1.82) is 0 Å². The van der Waals surface area contributed by atoms with E-state index in [-0.39, 0.29) is 23.6 Å². The second-order valence-corrected chi connectivity index (χ2v) is 6.70. The number of carbonyl (C=O) groups is 2. The summed E-state index contributed by atoms with van der Waals surface area (Å²) in [7, 11) is 1.41. The van der Waals surface area contributed by atoms with E-state index in [1.165, 1.54) is 25.3 Å². The number of nitrogens with zero attached hydrogens (tertiary/aromatic N) is 3. The van der Waals surface area contributed by atoms with Gasteiger partial charge in [-0.05, 0) is 36.8 Å². The van der Waals surface area contributed by atoms with Gasteiger partial charge in [-0.25, -0.2) is 28.3 Å². The number of urea groups is 1. The molecule has 0 saturated carbocycles. The molecular formula is C20H17F2N3O6. The molecule has 0 aliphatic carbocycles. The predicted molar refractivity (Wildman–Crippen MR) is 104 cm³/mol. The van der Waals surface area contributed by atoms with Crippen LogP contribution in [0, 0.1) is 27.7 Å². The molecule has 2 atom stereocenters. The van der Waals surface area contributed by atoms with Gasteiger partial charge in [-0.2, -0.15) is 0 Å². The van der Waals surface area contributed by atoms with Crippen molar-refractivity contribution in [2.75, 3.05) is 13.7 Å². The fraction of sp³-hybridized carbons (Fsp3) is 0.250. The van der Waals surface area contributed by atoms with E-state index in [1.807, 2.05) is 0 Å². The van der Waals surface area contributed by atoms with Crippen LogP contribution in [-0.2, 0) is 4.74 Å². The number of benzene rings is 2. The van der Waals surface area contributed by atoms with Crippen molar-refractivity contribution in [1.82, 2.24) is 4.90 Å². The minimum atomic E-state index is -1.15. The molecule has 0 fully saturated rings. The molecule has 0 bridgehead atoms. The number of hydrogen-bond acceptors (Lipinski definition) is 6. The summed E-state index contributed by atoms with van der Waals surface area (Å²) in [5.74, 6) is -2.93. The van der Waals surface area contributed by atoms with Gasteiger partial charge in [-0.1, -0.05) is 6.07 Å². The molecule has 0 radical (unpaired) electrons. The Balaban J connectivity index is 1.99. The number of rotatable bonds is 5. The van der Waals surface area contributed by atoms with Crippen molar-refractivity contribution in [2.45, 2.75) is 13.0 Å². The van der Waals surface area contributed by atoms with Gasteiger partial charge in [0.2, 0.25) is 0 Å². The number of amides is 3. The summed E-state index contributed by atoms with van der Waals surface area (Å²) in [5.41, 5.74) is 0.277. The SMILES string of the molecule is COCC1C(C)=NC(=O)N(C(=O)Oc2ccc([N+](=O)[O-])cc2)C1c1ccc(F)c(F)c1. The Labute approximate surface area is 175 Å². The first-order valence-electron chi connectivity index (χ1n) is 9.01. The summed E-state index contributed by atoms with van der Waals surface area (Å²) in [6.45, 7) is 1.60. The van der Waals surface area contributed by atoms with Gasteiger partial charge in [-0.15, -0.1) is 0 Å². The van der Waals surface area contributed by atoms with Gasteiger partial charge in [0.05, 0.1) is 17.6 Å². The zero-order valence-electron chi connectivity index (χ0n) is 16.5. The molecule has 0 N–H and O–H groups in total. The topological polar surface area (TPSA) is 111 Å². The zero-order valence-corrected chi connectivity index (χ0v) is 16.5.